The molecule has 0 spiro atoms. The Morgan fingerprint density at radius 1 is 1.37 bits per heavy atom. The van der Waals surface area contributed by atoms with Crippen LogP contribution in [0.3, 0.4) is 0 Å². The molecule has 2 rings (SSSR count). The molecule has 102 valence electrons. The number of benzene rings is 1. The van der Waals surface area contributed by atoms with Crippen molar-refractivity contribution in [1.82, 2.24) is 10.2 Å². The van der Waals surface area contributed by atoms with Gasteiger partial charge in [-0.3, -0.25) is 4.79 Å². The largest absolute Gasteiger partial charge is 0.352 e. The van der Waals surface area contributed by atoms with Crippen molar-refractivity contribution in [3.05, 3.63) is 48.6 Å². The maximum absolute atomic E-state index is 11.5. The first-order valence-corrected chi connectivity index (χ1v) is 6.81. The van der Waals surface area contributed by atoms with Gasteiger partial charge in [0.1, 0.15) is 0 Å². The number of nitrogens with zero attached hydrogens (tertiary/aromatic N) is 1. The smallest absolute Gasteiger partial charge is 0.243 e. The molecule has 0 aliphatic carbocycles. The van der Waals surface area contributed by atoms with Crippen LogP contribution in [0.15, 0.2) is 43.0 Å². The molecule has 1 amide bonds. The van der Waals surface area contributed by atoms with Crippen molar-refractivity contribution in [2.45, 2.75) is 18.3 Å². The van der Waals surface area contributed by atoms with Crippen molar-refractivity contribution >= 4 is 5.91 Å². The first-order chi connectivity index (χ1) is 9.16. The Kier molecular flexibility index (Phi) is 4.38. The van der Waals surface area contributed by atoms with E-state index in [2.05, 4.69) is 48.1 Å². The van der Waals surface area contributed by atoms with Crippen LogP contribution in [0.4, 0.5) is 0 Å². The number of piperidine rings is 1. The summed E-state index contributed by atoms with van der Waals surface area (Å²) in [4.78, 5) is 13.8. The number of hydrogen-bond acceptors (Lipinski definition) is 2. The number of likely N-dealkylation sites (tertiary alicyclic amines) is 1. The van der Waals surface area contributed by atoms with E-state index in [1.165, 1.54) is 11.6 Å². The van der Waals surface area contributed by atoms with E-state index >= 15 is 0 Å². The zero-order valence-corrected chi connectivity index (χ0v) is 11.6. The van der Waals surface area contributed by atoms with E-state index in [0.717, 1.165) is 25.9 Å². The molecule has 1 aliphatic heterocycles. The molecule has 1 aromatic rings. The highest BCUT2D eigenvalue weighted by Gasteiger charge is 2.35. The molecule has 0 aromatic heterocycles. The third kappa shape index (κ3) is 3.24. The van der Waals surface area contributed by atoms with Crippen LogP contribution in [0.25, 0.3) is 0 Å². The molecule has 0 atom stereocenters. The SMILES string of the molecule is C=CC(=O)NCC1(c2ccccc2)CCN(C)CC1. The van der Waals surface area contributed by atoms with Crippen molar-refractivity contribution in [2.24, 2.45) is 0 Å². The fourth-order valence-electron chi connectivity index (χ4n) is 2.73. The lowest BCUT2D eigenvalue weighted by Crippen LogP contribution is -2.47. The highest BCUT2D eigenvalue weighted by Crippen LogP contribution is 2.34. The lowest BCUT2D eigenvalue weighted by atomic mass is 9.72. The molecule has 1 fully saturated rings. The second-order valence-corrected chi connectivity index (χ2v) is 5.37. The summed E-state index contributed by atoms with van der Waals surface area (Å²) in [5, 5.41) is 2.98. The van der Waals surface area contributed by atoms with Gasteiger partial charge in [-0.2, -0.15) is 0 Å². The summed E-state index contributed by atoms with van der Waals surface area (Å²) >= 11 is 0. The van der Waals surface area contributed by atoms with Gasteiger partial charge in [-0.1, -0.05) is 36.9 Å². The van der Waals surface area contributed by atoms with Gasteiger partial charge in [0.15, 0.2) is 0 Å². The number of amides is 1. The molecule has 1 aliphatic rings. The first-order valence-electron chi connectivity index (χ1n) is 6.81. The van der Waals surface area contributed by atoms with E-state index in [1.807, 2.05) is 6.07 Å². The summed E-state index contributed by atoms with van der Waals surface area (Å²) in [5.41, 5.74) is 1.39. The molecule has 3 nitrogen and oxygen atoms in total. The second-order valence-electron chi connectivity index (χ2n) is 5.37. The molecule has 0 saturated carbocycles. The Labute approximate surface area is 115 Å². The lowest BCUT2D eigenvalue weighted by Gasteiger charge is -2.41. The number of carbonyl (C=O) groups excluding carboxylic acids is 1. The molecule has 1 N–H and O–H groups in total. The minimum Gasteiger partial charge on any atom is -0.352 e. The van der Waals surface area contributed by atoms with Gasteiger partial charge in [0, 0.05) is 12.0 Å². The van der Waals surface area contributed by atoms with E-state index < -0.39 is 0 Å². The van der Waals surface area contributed by atoms with Crippen LogP contribution in [0.1, 0.15) is 18.4 Å². The zero-order valence-electron chi connectivity index (χ0n) is 11.6. The lowest BCUT2D eigenvalue weighted by molar-refractivity contribution is -0.116. The second kappa shape index (κ2) is 6.02. The van der Waals surface area contributed by atoms with Crippen molar-refractivity contribution < 1.29 is 4.79 Å². The van der Waals surface area contributed by atoms with Crippen LogP contribution < -0.4 is 5.32 Å². The topological polar surface area (TPSA) is 32.3 Å². The van der Waals surface area contributed by atoms with Gasteiger partial charge < -0.3 is 10.2 Å². The molecule has 0 radical (unpaired) electrons. The van der Waals surface area contributed by atoms with E-state index in [4.69, 9.17) is 0 Å². The van der Waals surface area contributed by atoms with Gasteiger partial charge in [-0.25, -0.2) is 0 Å². The number of hydrogen-bond donors (Lipinski definition) is 1. The Bertz CT molecular complexity index is 433. The van der Waals surface area contributed by atoms with Crippen molar-refractivity contribution in [3.8, 4) is 0 Å². The predicted molar refractivity (Wildman–Crippen MR) is 78.1 cm³/mol. The summed E-state index contributed by atoms with van der Waals surface area (Å²) in [6.45, 7) is 6.34. The fraction of sp³-hybridized carbons (Fsp3) is 0.438. The van der Waals surface area contributed by atoms with Gasteiger partial charge >= 0.3 is 0 Å². The van der Waals surface area contributed by atoms with Crippen LogP contribution in [0.5, 0.6) is 0 Å². The van der Waals surface area contributed by atoms with E-state index in [-0.39, 0.29) is 11.3 Å². The highest BCUT2D eigenvalue weighted by atomic mass is 16.1. The first kappa shape index (κ1) is 13.8. The zero-order chi connectivity index (χ0) is 13.7. The van der Waals surface area contributed by atoms with Crippen LogP contribution in [0, 0.1) is 0 Å². The Morgan fingerprint density at radius 3 is 2.58 bits per heavy atom. The molecule has 3 heteroatoms. The van der Waals surface area contributed by atoms with E-state index in [1.54, 1.807) is 0 Å². The summed E-state index contributed by atoms with van der Waals surface area (Å²) in [5.74, 6) is -0.0887. The Balaban J connectivity index is 2.18. The molecule has 0 unspecified atom stereocenters. The molecular weight excluding hydrogens is 236 g/mol. The van der Waals surface area contributed by atoms with Gasteiger partial charge in [0.2, 0.25) is 5.91 Å². The van der Waals surface area contributed by atoms with Crippen LogP contribution >= 0.6 is 0 Å². The van der Waals surface area contributed by atoms with E-state index in [9.17, 15) is 4.79 Å². The molecule has 19 heavy (non-hydrogen) atoms. The minimum atomic E-state index is -0.0887. The molecule has 1 heterocycles. The molecule has 1 saturated heterocycles. The Morgan fingerprint density at radius 2 is 2.00 bits per heavy atom. The number of carbonyl (C=O) groups is 1. The van der Waals surface area contributed by atoms with Crippen molar-refractivity contribution in [3.63, 3.8) is 0 Å². The van der Waals surface area contributed by atoms with Crippen molar-refractivity contribution in [1.29, 1.82) is 0 Å². The monoisotopic (exact) mass is 258 g/mol. The molecule has 1 aromatic carbocycles. The maximum Gasteiger partial charge on any atom is 0.243 e. The van der Waals surface area contributed by atoms with Gasteiger partial charge in [-0.15, -0.1) is 0 Å². The van der Waals surface area contributed by atoms with Gasteiger partial charge in [0.05, 0.1) is 0 Å². The average Bonchev–Trinajstić information content (AvgIpc) is 2.47. The average molecular weight is 258 g/mol. The number of nitrogens with one attached hydrogen (secondary N) is 1. The van der Waals surface area contributed by atoms with E-state index in [0.29, 0.717) is 6.54 Å². The third-order valence-corrected chi connectivity index (χ3v) is 4.12. The normalized spacial score (nSPS) is 18.8. The van der Waals surface area contributed by atoms with Gasteiger partial charge in [0.25, 0.3) is 0 Å². The quantitative estimate of drug-likeness (QED) is 0.837. The summed E-state index contributed by atoms with van der Waals surface area (Å²) in [6, 6.07) is 10.5. The summed E-state index contributed by atoms with van der Waals surface area (Å²) < 4.78 is 0. The van der Waals surface area contributed by atoms with Gasteiger partial charge in [-0.05, 0) is 44.6 Å². The fourth-order valence-corrected chi connectivity index (χ4v) is 2.73. The number of rotatable bonds is 4. The van der Waals surface area contributed by atoms with Crippen LogP contribution in [0.2, 0.25) is 0 Å². The predicted octanol–water partition coefficient (Wildman–Crippen LogP) is 1.95. The third-order valence-electron chi connectivity index (χ3n) is 4.12. The Hall–Kier alpha value is -1.61. The highest BCUT2D eigenvalue weighted by molar-refractivity contribution is 5.86. The maximum atomic E-state index is 11.5. The van der Waals surface area contributed by atoms with Crippen molar-refractivity contribution in [2.75, 3.05) is 26.7 Å². The summed E-state index contributed by atoms with van der Waals surface area (Å²) in [6.07, 6.45) is 3.49. The summed E-state index contributed by atoms with van der Waals surface area (Å²) in [7, 11) is 2.15. The van der Waals surface area contributed by atoms with Crippen LogP contribution in [-0.4, -0.2) is 37.5 Å². The molecular formula is C16H22N2O. The molecule has 0 bridgehead atoms. The standard InChI is InChI=1S/C16H22N2O/c1-3-15(19)17-13-16(9-11-18(2)12-10-16)14-7-5-4-6-8-14/h3-8H,1,9-13H2,2H3,(H,17,19). The minimum absolute atomic E-state index is 0.0619. The van der Waals surface area contributed by atoms with Crippen LogP contribution in [-0.2, 0) is 10.2 Å².